The summed E-state index contributed by atoms with van der Waals surface area (Å²) >= 11 is 0. The fourth-order valence-electron chi connectivity index (χ4n) is 2.67. The van der Waals surface area contributed by atoms with Crippen molar-refractivity contribution in [2.45, 2.75) is 46.1 Å². The van der Waals surface area contributed by atoms with Crippen molar-refractivity contribution in [3.63, 3.8) is 0 Å². The lowest BCUT2D eigenvalue weighted by atomic mass is 9.81. The first kappa shape index (κ1) is 13.7. The zero-order chi connectivity index (χ0) is 13.2. The summed E-state index contributed by atoms with van der Waals surface area (Å²) in [4.78, 5) is 4.51. The summed E-state index contributed by atoms with van der Waals surface area (Å²) in [5.74, 6) is 1.94. The van der Waals surface area contributed by atoms with Crippen LogP contribution in [0, 0.1) is 17.3 Å². The van der Waals surface area contributed by atoms with Crippen molar-refractivity contribution >= 4 is 5.96 Å². The summed E-state index contributed by atoms with van der Waals surface area (Å²) in [5, 5.41) is 3.17. The van der Waals surface area contributed by atoms with Gasteiger partial charge >= 0.3 is 0 Å². The highest BCUT2D eigenvalue weighted by molar-refractivity contribution is 5.77. The smallest absolute Gasteiger partial charge is 0.188 e. The van der Waals surface area contributed by atoms with Crippen LogP contribution in [-0.2, 0) is 4.74 Å². The molecular weight excluding hydrogens is 226 g/mol. The molecule has 1 saturated heterocycles. The van der Waals surface area contributed by atoms with E-state index in [9.17, 15) is 0 Å². The van der Waals surface area contributed by atoms with Gasteiger partial charge in [0.25, 0.3) is 0 Å². The van der Waals surface area contributed by atoms with Crippen LogP contribution in [0.25, 0.3) is 0 Å². The number of aliphatic imine (C=N–C) groups is 1. The minimum absolute atomic E-state index is 0.186. The number of rotatable bonds is 5. The lowest BCUT2D eigenvalue weighted by Gasteiger charge is -2.28. The van der Waals surface area contributed by atoms with E-state index in [2.05, 4.69) is 31.1 Å². The molecule has 0 aromatic heterocycles. The van der Waals surface area contributed by atoms with E-state index in [-0.39, 0.29) is 5.41 Å². The Kier molecular flexibility index (Phi) is 4.15. The SMILES string of the molecule is CC(C)CNC(N)=NCC1(C)CCOC1C1CC1. The number of ether oxygens (including phenoxy) is 1. The van der Waals surface area contributed by atoms with Crippen molar-refractivity contribution < 1.29 is 4.74 Å². The highest BCUT2D eigenvalue weighted by Crippen LogP contribution is 2.47. The molecule has 18 heavy (non-hydrogen) atoms. The molecule has 1 aliphatic heterocycles. The van der Waals surface area contributed by atoms with Crippen LogP contribution in [-0.4, -0.2) is 31.8 Å². The Morgan fingerprint density at radius 1 is 1.50 bits per heavy atom. The van der Waals surface area contributed by atoms with E-state index in [4.69, 9.17) is 10.5 Å². The summed E-state index contributed by atoms with van der Waals surface area (Å²) in [5.41, 5.74) is 6.08. The summed E-state index contributed by atoms with van der Waals surface area (Å²) in [7, 11) is 0. The fourth-order valence-corrected chi connectivity index (χ4v) is 2.67. The van der Waals surface area contributed by atoms with Gasteiger partial charge in [0.15, 0.2) is 5.96 Å². The monoisotopic (exact) mass is 253 g/mol. The molecule has 104 valence electrons. The van der Waals surface area contributed by atoms with E-state index in [1.54, 1.807) is 0 Å². The Morgan fingerprint density at radius 2 is 2.22 bits per heavy atom. The van der Waals surface area contributed by atoms with Crippen molar-refractivity contribution in [3.05, 3.63) is 0 Å². The average Bonchev–Trinajstić information content (AvgIpc) is 3.08. The van der Waals surface area contributed by atoms with Gasteiger partial charge in [0.05, 0.1) is 12.6 Å². The highest BCUT2D eigenvalue weighted by atomic mass is 16.5. The minimum Gasteiger partial charge on any atom is -0.377 e. The molecule has 2 aliphatic rings. The van der Waals surface area contributed by atoms with Gasteiger partial charge in [-0.2, -0.15) is 0 Å². The first-order chi connectivity index (χ1) is 8.51. The maximum Gasteiger partial charge on any atom is 0.188 e. The predicted molar refractivity (Wildman–Crippen MR) is 74.5 cm³/mol. The zero-order valence-electron chi connectivity index (χ0n) is 11.9. The highest BCUT2D eigenvalue weighted by Gasteiger charge is 2.47. The Hall–Kier alpha value is -0.770. The molecule has 1 saturated carbocycles. The van der Waals surface area contributed by atoms with Crippen LogP contribution in [0.15, 0.2) is 4.99 Å². The van der Waals surface area contributed by atoms with Gasteiger partial charge < -0.3 is 15.8 Å². The molecule has 1 heterocycles. The van der Waals surface area contributed by atoms with E-state index in [0.29, 0.717) is 18.0 Å². The van der Waals surface area contributed by atoms with Crippen LogP contribution < -0.4 is 11.1 Å². The van der Waals surface area contributed by atoms with Gasteiger partial charge in [0, 0.05) is 18.6 Å². The Morgan fingerprint density at radius 3 is 2.83 bits per heavy atom. The van der Waals surface area contributed by atoms with Crippen molar-refractivity contribution in [1.29, 1.82) is 0 Å². The molecule has 4 heteroatoms. The third kappa shape index (κ3) is 3.37. The maximum absolute atomic E-state index is 5.89. The molecule has 2 atom stereocenters. The summed E-state index contributed by atoms with van der Waals surface area (Å²) in [6, 6.07) is 0. The number of nitrogens with two attached hydrogens (primary N) is 1. The van der Waals surface area contributed by atoms with Crippen molar-refractivity contribution in [2.75, 3.05) is 19.7 Å². The molecule has 0 bridgehead atoms. The molecule has 2 fully saturated rings. The summed E-state index contributed by atoms with van der Waals surface area (Å²) < 4.78 is 5.89. The van der Waals surface area contributed by atoms with Crippen LogP contribution in [0.2, 0.25) is 0 Å². The van der Waals surface area contributed by atoms with Crippen LogP contribution >= 0.6 is 0 Å². The molecule has 1 aliphatic carbocycles. The molecule has 2 unspecified atom stereocenters. The van der Waals surface area contributed by atoms with Crippen LogP contribution in [0.5, 0.6) is 0 Å². The molecule has 2 rings (SSSR count). The van der Waals surface area contributed by atoms with Crippen LogP contribution in [0.3, 0.4) is 0 Å². The quantitative estimate of drug-likeness (QED) is 0.580. The minimum atomic E-state index is 0.186. The van der Waals surface area contributed by atoms with Gasteiger partial charge in [-0.3, -0.25) is 4.99 Å². The van der Waals surface area contributed by atoms with Crippen molar-refractivity contribution in [3.8, 4) is 0 Å². The zero-order valence-corrected chi connectivity index (χ0v) is 11.9. The molecule has 4 nitrogen and oxygen atoms in total. The number of hydrogen-bond donors (Lipinski definition) is 2. The average molecular weight is 253 g/mol. The van der Waals surface area contributed by atoms with Gasteiger partial charge in [-0.1, -0.05) is 20.8 Å². The molecule has 0 spiro atoms. The normalized spacial score (nSPS) is 33.1. The summed E-state index contributed by atoms with van der Waals surface area (Å²) in [6.45, 7) is 9.17. The van der Waals surface area contributed by atoms with E-state index < -0.39 is 0 Å². The van der Waals surface area contributed by atoms with Crippen LogP contribution in [0.4, 0.5) is 0 Å². The topological polar surface area (TPSA) is 59.6 Å². The van der Waals surface area contributed by atoms with Gasteiger partial charge in [0.2, 0.25) is 0 Å². The van der Waals surface area contributed by atoms with Gasteiger partial charge in [-0.25, -0.2) is 0 Å². The van der Waals surface area contributed by atoms with E-state index in [1.807, 2.05) is 0 Å². The van der Waals surface area contributed by atoms with Gasteiger partial charge in [-0.15, -0.1) is 0 Å². The second-order valence-electron chi connectivity index (χ2n) is 6.51. The third-order valence-corrected chi connectivity index (χ3v) is 4.01. The van der Waals surface area contributed by atoms with Crippen LogP contribution in [0.1, 0.15) is 40.0 Å². The standard InChI is InChI=1S/C14H27N3O/c1-10(2)8-16-13(15)17-9-14(3)6-7-18-12(14)11-4-5-11/h10-12H,4-9H2,1-3H3,(H3,15,16,17). The lowest BCUT2D eigenvalue weighted by molar-refractivity contribution is 0.0425. The van der Waals surface area contributed by atoms with E-state index in [0.717, 1.165) is 32.0 Å². The second-order valence-corrected chi connectivity index (χ2v) is 6.51. The first-order valence-corrected chi connectivity index (χ1v) is 7.17. The molecular formula is C14H27N3O. The second kappa shape index (κ2) is 5.47. The molecule has 0 radical (unpaired) electrons. The molecule has 0 aromatic rings. The molecule has 3 N–H and O–H groups in total. The van der Waals surface area contributed by atoms with E-state index in [1.165, 1.54) is 12.8 Å². The fraction of sp³-hybridized carbons (Fsp3) is 0.929. The molecule has 0 amide bonds. The Balaban J connectivity index is 1.85. The Labute approximate surface area is 110 Å². The third-order valence-electron chi connectivity index (χ3n) is 4.01. The largest absolute Gasteiger partial charge is 0.377 e. The number of nitrogens with zero attached hydrogens (tertiary/aromatic N) is 1. The van der Waals surface area contributed by atoms with Gasteiger partial charge in [0.1, 0.15) is 0 Å². The lowest BCUT2D eigenvalue weighted by Crippen LogP contribution is -2.37. The first-order valence-electron chi connectivity index (χ1n) is 7.17. The van der Waals surface area contributed by atoms with E-state index >= 15 is 0 Å². The Bertz CT molecular complexity index is 312. The number of nitrogens with one attached hydrogen (secondary N) is 1. The molecule has 0 aromatic carbocycles. The number of hydrogen-bond acceptors (Lipinski definition) is 2. The van der Waals surface area contributed by atoms with Crippen molar-refractivity contribution in [1.82, 2.24) is 5.32 Å². The predicted octanol–water partition coefficient (Wildman–Crippen LogP) is 1.75. The van der Waals surface area contributed by atoms with Gasteiger partial charge in [-0.05, 0) is 31.1 Å². The van der Waals surface area contributed by atoms with Crippen molar-refractivity contribution in [2.24, 2.45) is 28.0 Å². The summed E-state index contributed by atoms with van der Waals surface area (Å²) in [6.07, 6.45) is 4.16. The maximum atomic E-state index is 5.89. The number of guanidine groups is 1.